The number of carbonyl (C=O) groups is 3. The lowest BCUT2D eigenvalue weighted by atomic mass is 10.1. The fourth-order valence-corrected chi connectivity index (χ4v) is 1.50. The smallest absolute Gasteiger partial charge is 0.269 e. The van der Waals surface area contributed by atoms with E-state index in [9.17, 15) is 14.4 Å². The summed E-state index contributed by atoms with van der Waals surface area (Å²) >= 11 is 0. The van der Waals surface area contributed by atoms with Crippen LogP contribution in [-0.4, -0.2) is 17.7 Å². The molecule has 2 rings (SSSR count). The van der Waals surface area contributed by atoms with Crippen LogP contribution < -0.4 is 10.6 Å². The maximum absolute atomic E-state index is 11.4. The highest BCUT2D eigenvalue weighted by Gasteiger charge is 2.28. The molecule has 1 heterocycles. The molecule has 3 amide bonds. The topological polar surface area (TPSA) is 78.2 Å². The van der Waals surface area contributed by atoms with Crippen LogP contribution in [0, 0.1) is 0 Å². The summed E-state index contributed by atoms with van der Waals surface area (Å²) in [7, 11) is 0. The van der Waals surface area contributed by atoms with E-state index in [0.717, 1.165) is 17.1 Å². The number of amides is 3. The quantitative estimate of drug-likeness (QED) is 0.675. The molecule has 0 unspecified atom stereocenters. The van der Waals surface area contributed by atoms with Crippen molar-refractivity contribution in [3.63, 3.8) is 0 Å². The van der Waals surface area contributed by atoms with Gasteiger partial charge in [0, 0.05) is 12.2 Å². The zero-order valence-corrected chi connectivity index (χ0v) is 8.14. The first-order valence-corrected chi connectivity index (χ1v) is 4.52. The van der Waals surface area contributed by atoms with Crippen molar-refractivity contribution in [2.24, 2.45) is 0 Å². The molecule has 79 valence electrons. The van der Waals surface area contributed by atoms with Gasteiger partial charge in [-0.2, -0.15) is 0 Å². The fourth-order valence-electron chi connectivity index (χ4n) is 1.50. The molecule has 1 N–H and O–H groups in total. The van der Waals surface area contributed by atoms with Gasteiger partial charge in [-0.05, 0) is 12.1 Å². The summed E-state index contributed by atoms with van der Waals surface area (Å²) in [6.07, 6.45) is 2.26. The second kappa shape index (κ2) is 3.62. The maximum atomic E-state index is 11.4. The van der Waals surface area contributed by atoms with E-state index in [0.29, 0.717) is 0 Å². The van der Waals surface area contributed by atoms with Crippen molar-refractivity contribution in [3.05, 3.63) is 42.0 Å². The number of rotatable bonds is 2. The molecule has 5 heteroatoms. The third kappa shape index (κ3) is 1.48. The lowest BCUT2D eigenvalue weighted by Gasteiger charge is -2.15. The summed E-state index contributed by atoms with van der Waals surface area (Å²) in [5.74, 6) is -1.93. The first kappa shape index (κ1) is 10.1. The van der Waals surface area contributed by atoms with Gasteiger partial charge in [0.1, 0.15) is 0 Å². The van der Waals surface area contributed by atoms with Crippen LogP contribution in [0.3, 0.4) is 0 Å². The van der Waals surface area contributed by atoms with Gasteiger partial charge in [0.05, 0.1) is 11.3 Å². The predicted octanol–water partition coefficient (Wildman–Crippen LogP) is 0.539. The molecule has 0 aliphatic carbocycles. The minimum Gasteiger partial charge on any atom is -0.269 e. The molecule has 5 nitrogen and oxygen atoms in total. The Morgan fingerprint density at radius 3 is 2.19 bits per heavy atom. The Hall–Kier alpha value is -2.43. The van der Waals surface area contributed by atoms with E-state index in [1.807, 2.05) is 0 Å². The fraction of sp³-hybridized carbons (Fsp3) is 0. The number of para-hydroxylation sites is 1. The summed E-state index contributed by atoms with van der Waals surface area (Å²) in [6, 6.07) is 6.04. The van der Waals surface area contributed by atoms with E-state index in [4.69, 9.17) is 5.73 Å². The van der Waals surface area contributed by atoms with E-state index < -0.39 is 17.7 Å². The maximum Gasteiger partial charge on any atom is 0.271 e. The number of imide groups is 1. The second-order valence-electron chi connectivity index (χ2n) is 3.19. The summed E-state index contributed by atoms with van der Waals surface area (Å²) in [5, 5.41) is 0. The highest BCUT2D eigenvalue weighted by molar-refractivity contribution is 6.29. The van der Waals surface area contributed by atoms with Crippen molar-refractivity contribution in [3.8, 4) is 0 Å². The molecule has 0 bridgehead atoms. The van der Waals surface area contributed by atoms with Crippen LogP contribution in [0.1, 0.15) is 10.4 Å². The molecule has 0 fully saturated rings. The molecular formula is C11H7N2O3. The third-order valence-corrected chi connectivity index (χ3v) is 2.20. The summed E-state index contributed by atoms with van der Waals surface area (Å²) in [6.45, 7) is 0. The lowest BCUT2D eigenvalue weighted by Crippen LogP contribution is -2.31. The Labute approximate surface area is 91.1 Å². The van der Waals surface area contributed by atoms with Crippen LogP contribution in [0.2, 0.25) is 0 Å². The average Bonchev–Trinajstić information content (AvgIpc) is 2.58. The molecular weight excluding hydrogens is 208 g/mol. The van der Waals surface area contributed by atoms with Gasteiger partial charge < -0.3 is 0 Å². The number of hydrogen-bond donors (Lipinski definition) is 0. The molecule has 0 aromatic heterocycles. The van der Waals surface area contributed by atoms with E-state index in [1.54, 1.807) is 12.1 Å². The monoisotopic (exact) mass is 215 g/mol. The van der Waals surface area contributed by atoms with Crippen molar-refractivity contribution in [2.45, 2.75) is 0 Å². The number of nitrogens with zero attached hydrogens (tertiary/aromatic N) is 1. The minimum absolute atomic E-state index is 0.0351. The molecule has 0 saturated heterocycles. The molecule has 1 aliphatic rings. The number of benzene rings is 1. The molecule has 1 aromatic carbocycles. The van der Waals surface area contributed by atoms with Crippen molar-refractivity contribution < 1.29 is 14.4 Å². The van der Waals surface area contributed by atoms with E-state index in [2.05, 4.69) is 0 Å². The summed E-state index contributed by atoms with van der Waals surface area (Å²) in [5.41, 5.74) is 7.24. The van der Waals surface area contributed by atoms with Crippen LogP contribution >= 0.6 is 0 Å². The second-order valence-corrected chi connectivity index (χ2v) is 3.19. The Morgan fingerprint density at radius 1 is 1.06 bits per heavy atom. The van der Waals surface area contributed by atoms with Crippen LogP contribution in [0.25, 0.3) is 0 Å². The zero-order chi connectivity index (χ0) is 11.7. The Bertz CT molecular complexity index is 502. The molecule has 1 radical (unpaired) electrons. The van der Waals surface area contributed by atoms with Crippen molar-refractivity contribution in [1.29, 1.82) is 0 Å². The van der Waals surface area contributed by atoms with E-state index in [-0.39, 0.29) is 11.3 Å². The predicted molar refractivity (Wildman–Crippen MR) is 55.5 cm³/mol. The number of anilines is 1. The molecule has 0 saturated carbocycles. The van der Waals surface area contributed by atoms with Crippen LogP contribution in [0.4, 0.5) is 5.69 Å². The summed E-state index contributed by atoms with van der Waals surface area (Å²) < 4.78 is 0. The average molecular weight is 215 g/mol. The SMILES string of the molecule is [NH]C(=O)c1ccccc1N1C(=O)C=CC1=O. The van der Waals surface area contributed by atoms with Gasteiger partial charge in [-0.1, -0.05) is 12.1 Å². The number of nitrogens with one attached hydrogen (secondary N) is 1. The van der Waals surface area contributed by atoms with Gasteiger partial charge in [-0.3, -0.25) is 20.1 Å². The highest BCUT2D eigenvalue weighted by Crippen LogP contribution is 2.23. The Morgan fingerprint density at radius 2 is 1.62 bits per heavy atom. The lowest BCUT2D eigenvalue weighted by molar-refractivity contribution is -0.119. The van der Waals surface area contributed by atoms with Gasteiger partial charge in [0.2, 0.25) is 0 Å². The van der Waals surface area contributed by atoms with Gasteiger partial charge in [0.15, 0.2) is 0 Å². The molecule has 0 atom stereocenters. The van der Waals surface area contributed by atoms with Crippen molar-refractivity contribution in [2.75, 3.05) is 4.90 Å². The first-order valence-electron chi connectivity index (χ1n) is 4.52. The van der Waals surface area contributed by atoms with Crippen molar-refractivity contribution >= 4 is 23.4 Å². The number of carbonyl (C=O) groups excluding carboxylic acids is 3. The normalized spacial score (nSPS) is 14.6. The Balaban J connectivity index is 2.52. The minimum atomic E-state index is -0.928. The summed E-state index contributed by atoms with van der Waals surface area (Å²) in [4.78, 5) is 34.7. The number of hydrogen-bond acceptors (Lipinski definition) is 3. The van der Waals surface area contributed by atoms with Crippen LogP contribution in [0.5, 0.6) is 0 Å². The highest BCUT2D eigenvalue weighted by atomic mass is 16.2. The van der Waals surface area contributed by atoms with E-state index in [1.165, 1.54) is 12.1 Å². The molecule has 1 aromatic rings. The van der Waals surface area contributed by atoms with Gasteiger partial charge in [0.25, 0.3) is 17.7 Å². The molecule has 1 aliphatic heterocycles. The molecule has 0 spiro atoms. The third-order valence-electron chi connectivity index (χ3n) is 2.20. The van der Waals surface area contributed by atoms with Gasteiger partial charge >= 0.3 is 0 Å². The molecule has 16 heavy (non-hydrogen) atoms. The van der Waals surface area contributed by atoms with Gasteiger partial charge in [-0.25, -0.2) is 4.90 Å². The zero-order valence-electron chi connectivity index (χ0n) is 8.14. The van der Waals surface area contributed by atoms with Crippen LogP contribution in [0.15, 0.2) is 36.4 Å². The first-order chi connectivity index (χ1) is 7.61. The Kier molecular flexibility index (Phi) is 2.28. The largest absolute Gasteiger partial charge is 0.271 e. The van der Waals surface area contributed by atoms with Crippen LogP contribution in [-0.2, 0) is 9.59 Å². The van der Waals surface area contributed by atoms with Crippen molar-refractivity contribution in [1.82, 2.24) is 5.73 Å². The van der Waals surface area contributed by atoms with E-state index >= 15 is 0 Å². The van der Waals surface area contributed by atoms with Gasteiger partial charge in [-0.15, -0.1) is 0 Å². The standard InChI is InChI=1S/C11H7N2O3/c12-11(16)7-3-1-2-4-8(7)13-9(14)5-6-10(13)15/h1-6,12H.